The van der Waals surface area contributed by atoms with E-state index in [-0.39, 0.29) is 5.82 Å². The molecule has 0 fully saturated rings. The molecule has 1 aromatic heterocycles. The SMILES string of the molecule is Cc1cccc2c(NCCCN(C)C)nc(-c3cc(CF)cc(-c4ccccc4F)c3)nc12. The Labute approximate surface area is 193 Å². The fraction of sp³-hybridized carbons (Fsp3) is 0.259. The van der Waals surface area contributed by atoms with Crippen LogP contribution in [0.4, 0.5) is 14.6 Å². The summed E-state index contributed by atoms with van der Waals surface area (Å²) in [6.07, 6.45) is 0.967. The molecule has 4 nitrogen and oxygen atoms in total. The van der Waals surface area contributed by atoms with Gasteiger partial charge in [-0.15, -0.1) is 0 Å². The predicted octanol–water partition coefficient (Wildman–Crippen LogP) is 6.24. The van der Waals surface area contributed by atoms with Crippen LogP contribution < -0.4 is 5.32 Å². The Morgan fingerprint density at radius 2 is 1.73 bits per heavy atom. The van der Waals surface area contributed by atoms with Gasteiger partial charge in [-0.1, -0.05) is 30.3 Å². The van der Waals surface area contributed by atoms with Gasteiger partial charge in [0.15, 0.2) is 5.82 Å². The molecule has 0 saturated heterocycles. The monoisotopic (exact) mass is 446 g/mol. The standard InChI is InChI=1S/C27H28F2N4/c1-18-8-6-10-23-25(18)31-26(32-27(23)30-12-7-13-33(2)3)21-15-19(17-28)14-20(16-21)22-9-4-5-11-24(22)29/h4-6,8-11,14-16H,7,12-13,17H2,1-3H3,(H,30,31,32). The number of anilines is 1. The molecular weight excluding hydrogens is 418 g/mol. The van der Waals surface area contributed by atoms with Gasteiger partial charge in [-0.2, -0.15) is 0 Å². The van der Waals surface area contributed by atoms with Gasteiger partial charge in [-0.05, 0) is 81.0 Å². The molecule has 0 amide bonds. The van der Waals surface area contributed by atoms with Crippen molar-refractivity contribution >= 4 is 16.7 Å². The molecule has 0 aliphatic rings. The number of halogens is 2. The Morgan fingerprint density at radius 3 is 2.48 bits per heavy atom. The molecule has 1 heterocycles. The lowest BCUT2D eigenvalue weighted by Crippen LogP contribution is -2.17. The zero-order valence-electron chi connectivity index (χ0n) is 19.2. The average molecular weight is 447 g/mol. The highest BCUT2D eigenvalue weighted by atomic mass is 19.1. The number of hydrogen-bond donors (Lipinski definition) is 1. The van der Waals surface area contributed by atoms with Gasteiger partial charge < -0.3 is 10.2 Å². The summed E-state index contributed by atoms with van der Waals surface area (Å²) in [5, 5.41) is 4.40. The van der Waals surface area contributed by atoms with Crippen molar-refractivity contribution in [1.82, 2.24) is 14.9 Å². The van der Waals surface area contributed by atoms with Gasteiger partial charge in [0, 0.05) is 23.1 Å². The van der Waals surface area contributed by atoms with Gasteiger partial charge in [0.25, 0.3) is 0 Å². The number of rotatable bonds is 8. The number of aryl methyl sites for hydroxylation is 1. The average Bonchev–Trinajstić information content (AvgIpc) is 2.82. The molecule has 1 N–H and O–H groups in total. The summed E-state index contributed by atoms with van der Waals surface area (Å²) < 4.78 is 28.2. The second-order valence-electron chi connectivity index (χ2n) is 8.48. The van der Waals surface area contributed by atoms with Gasteiger partial charge in [0.2, 0.25) is 0 Å². The Hall–Kier alpha value is -3.38. The first-order chi connectivity index (χ1) is 16.0. The zero-order chi connectivity index (χ0) is 23.4. The van der Waals surface area contributed by atoms with Crippen molar-refractivity contribution in [2.45, 2.75) is 20.0 Å². The van der Waals surface area contributed by atoms with E-state index in [2.05, 4.69) is 10.2 Å². The van der Waals surface area contributed by atoms with Crippen molar-refractivity contribution in [1.29, 1.82) is 0 Å². The normalized spacial score (nSPS) is 11.3. The van der Waals surface area contributed by atoms with E-state index in [0.717, 1.165) is 41.8 Å². The molecule has 0 spiro atoms. The Balaban J connectivity index is 1.81. The number of benzene rings is 3. The largest absolute Gasteiger partial charge is 0.369 e. The smallest absolute Gasteiger partial charge is 0.162 e. The molecule has 0 unspecified atom stereocenters. The van der Waals surface area contributed by atoms with E-state index >= 15 is 0 Å². The van der Waals surface area contributed by atoms with Crippen molar-refractivity contribution in [2.24, 2.45) is 0 Å². The molecule has 0 atom stereocenters. The molecule has 6 heteroatoms. The van der Waals surface area contributed by atoms with Crippen LogP contribution >= 0.6 is 0 Å². The first-order valence-corrected chi connectivity index (χ1v) is 11.1. The maximum Gasteiger partial charge on any atom is 0.162 e. The third-order valence-electron chi connectivity index (χ3n) is 5.59. The summed E-state index contributed by atoms with van der Waals surface area (Å²) >= 11 is 0. The minimum atomic E-state index is -0.655. The summed E-state index contributed by atoms with van der Waals surface area (Å²) in [4.78, 5) is 11.8. The van der Waals surface area contributed by atoms with Crippen molar-refractivity contribution < 1.29 is 8.78 Å². The summed E-state index contributed by atoms with van der Waals surface area (Å²) in [6.45, 7) is 3.09. The van der Waals surface area contributed by atoms with E-state index in [9.17, 15) is 8.78 Å². The van der Waals surface area contributed by atoms with Crippen molar-refractivity contribution in [3.05, 3.63) is 77.6 Å². The van der Waals surface area contributed by atoms with Crippen molar-refractivity contribution in [3.8, 4) is 22.5 Å². The molecule has 0 radical (unpaired) electrons. The molecule has 4 rings (SSSR count). The highest BCUT2D eigenvalue weighted by Crippen LogP contribution is 2.31. The van der Waals surface area contributed by atoms with E-state index in [4.69, 9.17) is 9.97 Å². The van der Waals surface area contributed by atoms with Crippen LogP contribution in [0.5, 0.6) is 0 Å². The van der Waals surface area contributed by atoms with E-state index in [1.165, 1.54) is 6.07 Å². The number of fused-ring (bicyclic) bond motifs is 1. The first-order valence-electron chi connectivity index (χ1n) is 11.1. The summed E-state index contributed by atoms with van der Waals surface area (Å²) in [5.41, 5.74) is 4.02. The van der Waals surface area contributed by atoms with Gasteiger partial charge in [-0.3, -0.25) is 0 Å². The molecule has 0 saturated carbocycles. The van der Waals surface area contributed by atoms with Crippen LogP contribution in [-0.2, 0) is 6.67 Å². The van der Waals surface area contributed by atoms with Gasteiger partial charge >= 0.3 is 0 Å². The van der Waals surface area contributed by atoms with Crippen LogP contribution in [0.2, 0.25) is 0 Å². The van der Waals surface area contributed by atoms with E-state index in [0.29, 0.717) is 28.1 Å². The Morgan fingerprint density at radius 1 is 0.939 bits per heavy atom. The summed E-state index contributed by atoms with van der Waals surface area (Å²) in [7, 11) is 4.10. The molecule has 33 heavy (non-hydrogen) atoms. The second kappa shape index (κ2) is 10.0. The summed E-state index contributed by atoms with van der Waals surface area (Å²) in [5.74, 6) is 0.883. The maximum atomic E-state index is 14.5. The molecule has 0 bridgehead atoms. The zero-order valence-corrected chi connectivity index (χ0v) is 19.2. The maximum absolute atomic E-state index is 14.5. The molecule has 170 valence electrons. The van der Waals surface area contributed by atoms with Crippen LogP contribution in [-0.4, -0.2) is 42.1 Å². The third-order valence-corrected chi connectivity index (χ3v) is 5.59. The van der Waals surface area contributed by atoms with Crippen LogP contribution in [0.25, 0.3) is 33.4 Å². The molecule has 0 aliphatic heterocycles. The lowest BCUT2D eigenvalue weighted by molar-refractivity contribution is 0.405. The quantitative estimate of drug-likeness (QED) is 0.325. The minimum Gasteiger partial charge on any atom is -0.369 e. The number of para-hydroxylation sites is 1. The number of nitrogens with zero attached hydrogens (tertiary/aromatic N) is 3. The molecule has 3 aromatic carbocycles. The van der Waals surface area contributed by atoms with Crippen molar-refractivity contribution in [3.63, 3.8) is 0 Å². The number of nitrogens with one attached hydrogen (secondary N) is 1. The second-order valence-corrected chi connectivity index (χ2v) is 8.48. The third kappa shape index (κ3) is 5.17. The fourth-order valence-corrected chi connectivity index (χ4v) is 3.91. The molecular formula is C27H28F2N4. The highest BCUT2D eigenvalue weighted by Gasteiger charge is 2.14. The van der Waals surface area contributed by atoms with Gasteiger partial charge in [0.1, 0.15) is 18.3 Å². The predicted molar refractivity (Wildman–Crippen MR) is 132 cm³/mol. The van der Waals surface area contributed by atoms with E-state index < -0.39 is 6.67 Å². The highest BCUT2D eigenvalue weighted by molar-refractivity contribution is 5.92. The lowest BCUT2D eigenvalue weighted by Gasteiger charge is -2.14. The van der Waals surface area contributed by atoms with Gasteiger partial charge in [-0.25, -0.2) is 18.7 Å². The lowest BCUT2D eigenvalue weighted by atomic mass is 9.99. The van der Waals surface area contributed by atoms with E-state index in [1.54, 1.807) is 30.3 Å². The van der Waals surface area contributed by atoms with Crippen LogP contribution in [0.3, 0.4) is 0 Å². The van der Waals surface area contributed by atoms with Crippen LogP contribution in [0, 0.1) is 12.7 Å². The van der Waals surface area contributed by atoms with Crippen LogP contribution in [0.15, 0.2) is 60.7 Å². The fourth-order valence-electron chi connectivity index (χ4n) is 3.91. The topological polar surface area (TPSA) is 41.0 Å². The number of hydrogen-bond acceptors (Lipinski definition) is 4. The molecule has 4 aromatic rings. The summed E-state index contributed by atoms with van der Waals surface area (Å²) in [6, 6.07) is 17.8. The Kier molecular flexibility index (Phi) is 6.94. The molecule has 0 aliphatic carbocycles. The number of aromatic nitrogens is 2. The van der Waals surface area contributed by atoms with Gasteiger partial charge in [0.05, 0.1) is 5.52 Å². The first kappa shape index (κ1) is 22.8. The van der Waals surface area contributed by atoms with E-state index in [1.807, 2.05) is 45.3 Å². The van der Waals surface area contributed by atoms with Crippen molar-refractivity contribution in [2.75, 3.05) is 32.5 Å². The number of alkyl halides is 1. The Bertz CT molecular complexity index is 1270. The van der Waals surface area contributed by atoms with Crippen LogP contribution in [0.1, 0.15) is 17.5 Å². The minimum absolute atomic E-state index is 0.349.